The molecule has 0 N–H and O–H groups in total. The number of carbonyl (C=O) groups excluding carboxylic acids is 1. The van der Waals surface area contributed by atoms with Gasteiger partial charge < -0.3 is 19.3 Å². The van der Waals surface area contributed by atoms with Crippen molar-refractivity contribution in [1.29, 1.82) is 0 Å². The highest BCUT2D eigenvalue weighted by molar-refractivity contribution is 5.84. The third kappa shape index (κ3) is 4.63. The Balaban J connectivity index is 1.23. The number of alkyl halides is 3. The SMILES string of the molecule is CC[C@]1(C(=O)N2C[C@@H]3C[C@H]2CN3c2cc(C(F)(F)F)ncn2)CC[C@@H](C[C@H]2CCOC[C@H]2OC)C1. The maximum absolute atomic E-state index is 13.9. The van der Waals surface area contributed by atoms with E-state index in [1.165, 1.54) is 0 Å². The first kappa shape index (κ1) is 24.7. The zero-order valence-corrected chi connectivity index (χ0v) is 20.5. The minimum Gasteiger partial charge on any atom is -0.379 e. The van der Waals surface area contributed by atoms with Crippen LogP contribution in [0.5, 0.6) is 0 Å². The topological polar surface area (TPSA) is 67.8 Å². The smallest absolute Gasteiger partial charge is 0.379 e. The first-order valence-corrected chi connectivity index (χ1v) is 12.8. The van der Waals surface area contributed by atoms with E-state index < -0.39 is 11.9 Å². The Morgan fingerprint density at radius 2 is 2.09 bits per heavy atom. The van der Waals surface area contributed by atoms with Crippen LogP contribution in [0.3, 0.4) is 0 Å². The van der Waals surface area contributed by atoms with Gasteiger partial charge in [-0.3, -0.25) is 4.79 Å². The van der Waals surface area contributed by atoms with Crippen LogP contribution in [-0.4, -0.2) is 72.4 Å². The summed E-state index contributed by atoms with van der Waals surface area (Å²) < 4.78 is 50.6. The molecule has 35 heavy (non-hydrogen) atoms. The van der Waals surface area contributed by atoms with E-state index >= 15 is 0 Å². The van der Waals surface area contributed by atoms with Crippen molar-refractivity contribution in [2.24, 2.45) is 17.3 Å². The molecule has 1 aromatic heterocycles. The minimum atomic E-state index is -4.50. The number of methoxy groups -OCH3 is 1. The molecule has 3 saturated heterocycles. The van der Waals surface area contributed by atoms with E-state index in [9.17, 15) is 18.0 Å². The van der Waals surface area contributed by atoms with Crippen LogP contribution in [0, 0.1) is 17.3 Å². The van der Waals surface area contributed by atoms with Gasteiger partial charge >= 0.3 is 6.18 Å². The monoisotopic (exact) mass is 496 g/mol. The van der Waals surface area contributed by atoms with Crippen LogP contribution in [0.4, 0.5) is 19.0 Å². The summed E-state index contributed by atoms with van der Waals surface area (Å²) in [7, 11) is 1.75. The van der Waals surface area contributed by atoms with Crippen LogP contribution in [-0.2, 0) is 20.4 Å². The van der Waals surface area contributed by atoms with Gasteiger partial charge in [0.15, 0.2) is 0 Å². The van der Waals surface area contributed by atoms with Crippen molar-refractivity contribution in [2.45, 2.75) is 76.2 Å². The fraction of sp³-hybridized carbons (Fsp3) is 0.800. The molecule has 1 amide bonds. The molecule has 194 valence electrons. The van der Waals surface area contributed by atoms with Gasteiger partial charge in [0, 0.05) is 38.3 Å². The Kier molecular flexibility index (Phi) is 6.72. The number of amides is 1. The predicted molar refractivity (Wildman–Crippen MR) is 123 cm³/mol. The average Bonchev–Trinajstić information content (AvgIpc) is 3.58. The molecule has 6 atom stereocenters. The van der Waals surface area contributed by atoms with Gasteiger partial charge in [-0.05, 0) is 56.8 Å². The number of anilines is 1. The largest absolute Gasteiger partial charge is 0.433 e. The number of fused-ring (bicyclic) bond motifs is 2. The first-order valence-electron chi connectivity index (χ1n) is 12.8. The van der Waals surface area contributed by atoms with Crippen molar-refractivity contribution in [2.75, 3.05) is 38.3 Å². The molecular formula is C25H35F3N4O3. The van der Waals surface area contributed by atoms with E-state index in [0.717, 1.165) is 63.9 Å². The van der Waals surface area contributed by atoms with E-state index in [1.54, 1.807) is 7.11 Å². The Hall–Kier alpha value is -1.94. The van der Waals surface area contributed by atoms with E-state index in [-0.39, 0.29) is 29.5 Å². The lowest BCUT2D eigenvalue weighted by Gasteiger charge is -2.40. The first-order chi connectivity index (χ1) is 16.7. The van der Waals surface area contributed by atoms with Crippen LogP contribution >= 0.6 is 0 Å². The molecule has 0 aromatic carbocycles. The van der Waals surface area contributed by atoms with Gasteiger partial charge in [-0.25, -0.2) is 9.97 Å². The molecule has 1 aromatic rings. The molecule has 3 aliphatic heterocycles. The Bertz CT molecular complexity index is 931. The van der Waals surface area contributed by atoms with Gasteiger partial charge in [0.05, 0.1) is 24.8 Å². The number of hydrogen-bond acceptors (Lipinski definition) is 6. The maximum Gasteiger partial charge on any atom is 0.433 e. The highest BCUT2D eigenvalue weighted by Gasteiger charge is 2.53. The minimum absolute atomic E-state index is 0.00394. The maximum atomic E-state index is 13.9. The molecule has 2 bridgehead atoms. The van der Waals surface area contributed by atoms with E-state index in [2.05, 4.69) is 16.9 Å². The number of halogens is 3. The van der Waals surface area contributed by atoms with Crippen molar-refractivity contribution < 1.29 is 27.4 Å². The molecule has 10 heteroatoms. The van der Waals surface area contributed by atoms with Crippen LogP contribution in [0.2, 0.25) is 0 Å². The van der Waals surface area contributed by atoms with Gasteiger partial charge in [0.1, 0.15) is 17.8 Å². The van der Waals surface area contributed by atoms with Gasteiger partial charge in [-0.1, -0.05) is 6.92 Å². The molecule has 0 spiro atoms. The Labute approximate surface area is 204 Å². The van der Waals surface area contributed by atoms with Crippen LogP contribution in [0.25, 0.3) is 0 Å². The summed E-state index contributed by atoms with van der Waals surface area (Å²) in [6.07, 6.45) is 3.17. The van der Waals surface area contributed by atoms with Gasteiger partial charge in [-0.15, -0.1) is 0 Å². The van der Waals surface area contributed by atoms with Crippen molar-refractivity contribution in [3.05, 3.63) is 18.1 Å². The van der Waals surface area contributed by atoms with Crippen molar-refractivity contribution in [1.82, 2.24) is 14.9 Å². The third-order valence-electron chi connectivity index (χ3n) is 8.96. The molecule has 4 fully saturated rings. The second kappa shape index (κ2) is 9.50. The highest BCUT2D eigenvalue weighted by Crippen LogP contribution is 2.50. The molecule has 4 aliphatic rings. The fourth-order valence-corrected chi connectivity index (χ4v) is 6.98. The molecule has 1 saturated carbocycles. The number of hydrogen-bond donors (Lipinski definition) is 0. The van der Waals surface area contributed by atoms with Crippen LogP contribution in [0.1, 0.15) is 57.6 Å². The standard InChI is InChI=1S/C25H35F3N4O3/c1-3-24(6-4-16(11-24)8-17-5-7-35-14-20(17)34-2)23(33)32-13-18-9-19(32)12-31(18)22-10-21(25(26,27)28)29-15-30-22/h10,15-20H,3-9,11-14H2,1-2H3/t16-,17+,18-,19-,20+,24-/m0/s1. The lowest BCUT2D eigenvalue weighted by Crippen LogP contribution is -2.53. The summed E-state index contributed by atoms with van der Waals surface area (Å²) in [5, 5.41) is 0. The van der Waals surface area contributed by atoms with Gasteiger partial charge in [-0.2, -0.15) is 13.2 Å². The lowest BCUT2D eigenvalue weighted by molar-refractivity contribution is -0.143. The zero-order valence-electron chi connectivity index (χ0n) is 20.5. The van der Waals surface area contributed by atoms with E-state index in [1.807, 2.05) is 9.80 Å². The number of likely N-dealkylation sites (tertiary alicyclic amines) is 1. The number of carbonyl (C=O) groups is 1. The molecule has 7 nitrogen and oxygen atoms in total. The molecular weight excluding hydrogens is 461 g/mol. The summed E-state index contributed by atoms with van der Waals surface area (Å²) in [6.45, 7) is 4.61. The second-order valence-corrected chi connectivity index (χ2v) is 10.8. The number of rotatable bonds is 6. The lowest BCUT2D eigenvalue weighted by atomic mass is 9.79. The van der Waals surface area contributed by atoms with Crippen molar-refractivity contribution in [3.63, 3.8) is 0 Å². The van der Waals surface area contributed by atoms with Crippen molar-refractivity contribution >= 4 is 11.7 Å². The van der Waals surface area contributed by atoms with Gasteiger partial charge in [0.25, 0.3) is 0 Å². The Morgan fingerprint density at radius 3 is 2.77 bits per heavy atom. The molecule has 4 heterocycles. The van der Waals surface area contributed by atoms with Crippen LogP contribution < -0.4 is 4.90 Å². The molecule has 5 rings (SSSR count). The number of ether oxygens (including phenoxy) is 2. The summed E-state index contributed by atoms with van der Waals surface area (Å²) in [5.41, 5.74) is -1.26. The molecule has 0 unspecified atom stereocenters. The van der Waals surface area contributed by atoms with Gasteiger partial charge in [0.2, 0.25) is 5.91 Å². The fourth-order valence-electron chi connectivity index (χ4n) is 6.98. The molecule has 0 radical (unpaired) electrons. The number of aromatic nitrogens is 2. The summed E-state index contributed by atoms with van der Waals surface area (Å²) >= 11 is 0. The summed E-state index contributed by atoms with van der Waals surface area (Å²) in [6, 6.07) is 1.04. The number of piperazine rings is 1. The second-order valence-electron chi connectivity index (χ2n) is 10.8. The highest BCUT2D eigenvalue weighted by atomic mass is 19.4. The summed E-state index contributed by atoms with van der Waals surface area (Å²) in [4.78, 5) is 25.3. The quantitative estimate of drug-likeness (QED) is 0.595. The summed E-state index contributed by atoms with van der Waals surface area (Å²) in [5.74, 6) is 1.52. The van der Waals surface area contributed by atoms with E-state index in [0.29, 0.717) is 37.4 Å². The zero-order chi connectivity index (χ0) is 24.8. The van der Waals surface area contributed by atoms with Crippen molar-refractivity contribution in [3.8, 4) is 0 Å². The molecule has 1 aliphatic carbocycles. The predicted octanol–water partition coefficient (Wildman–Crippen LogP) is 3.92. The average molecular weight is 497 g/mol. The number of nitrogens with zero attached hydrogens (tertiary/aromatic N) is 4. The van der Waals surface area contributed by atoms with E-state index in [4.69, 9.17) is 9.47 Å². The Morgan fingerprint density at radius 1 is 1.26 bits per heavy atom. The third-order valence-corrected chi connectivity index (χ3v) is 8.96. The normalized spacial score (nSPS) is 35.2. The van der Waals surface area contributed by atoms with Crippen LogP contribution in [0.15, 0.2) is 12.4 Å².